The van der Waals surface area contributed by atoms with Gasteiger partial charge >= 0.3 is 0 Å². The van der Waals surface area contributed by atoms with E-state index in [1.54, 1.807) is 0 Å². The molecule has 1 aromatic rings. The summed E-state index contributed by atoms with van der Waals surface area (Å²) in [5.41, 5.74) is 6.01. The Morgan fingerprint density at radius 3 is 2.53 bits per heavy atom. The summed E-state index contributed by atoms with van der Waals surface area (Å²) in [6, 6.07) is 7.47. The van der Waals surface area contributed by atoms with Crippen LogP contribution in [0.5, 0.6) is 5.75 Å². The molecule has 0 aliphatic carbocycles. The van der Waals surface area contributed by atoms with Crippen LogP contribution in [0.4, 0.5) is 0 Å². The molecule has 0 radical (unpaired) electrons. The summed E-state index contributed by atoms with van der Waals surface area (Å²) in [5, 5.41) is 0. The minimum atomic E-state index is -0.311. The van der Waals surface area contributed by atoms with Crippen molar-refractivity contribution in [2.75, 3.05) is 6.61 Å². The van der Waals surface area contributed by atoms with Crippen LogP contribution in [-0.4, -0.2) is 12.5 Å². The Morgan fingerprint density at radius 1 is 1.33 bits per heavy atom. The minimum absolute atomic E-state index is 0.287. The van der Waals surface area contributed by atoms with Crippen LogP contribution in [0.15, 0.2) is 24.3 Å². The van der Waals surface area contributed by atoms with Crippen LogP contribution in [0.25, 0.3) is 0 Å². The fourth-order valence-electron chi connectivity index (χ4n) is 1.24. The van der Waals surface area contributed by atoms with Crippen LogP contribution < -0.4 is 10.5 Å². The molecule has 0 spiro atoms. The number of carbonyl (C=O) groups is 1. The molecule has 0 saturated heterocycles. The summed E-state index contributed by atoms with van der Waals surface area (Å²) in [6.45, 7) is 2.87. The van der Waals surface area contributed by atoms with Gasteiger partial charge in [-0.15, -0.1) is 0 Å². The normalized spacial score (nSPS) is 9.93. The van der Waals surface area contributed by atoms with Gasteiger partial charge in [0, 0.05) is 0 Å². The lowest BCUT2D eigenvalue weighted by Gasteiger charge is -2.05. The summed E-state index contributed by atoms with van der Waals surface area (Å²) in [6.07, 6.45) is 2.47. The largest absolute Gasteiger partial charge is 0.494 e. The molecule has 0 heterocycles. The molecule has 1 amide bonds. The second-order valence-corrected chi connectivity index (χ2v) is 3.49. The molecule has 0 saturated carbocycles. The molecule has 0 fully saturated rings. The smallest absolute Gasteiger partial charge is 0.221 e. The summed E-state index contributed by atoms with van der Waals surface area (Å²) >= 11 is 0. The number of amides is 1. The maximum absolute atomic E-state index is 10.7. The first kappa shape index (κ1) is 11.6. The molecule has 0 bridgehead atoms. The van der Waals surface area contributed by atoms with E-state index in [-0.39, 0.29) is 12.3 Å². The third-order valence-corrected chi connectivity index (χ3v) is 2.07. The fourth-order valence-corrected chi connectivity index (χ4v) is 1.24. The second kappa shape index (κ2) is 6.06. The molecule has 3 nitrogen and oxygen atoms in total. The maximum Gasteiger partial charge on any atom is 0.221 e. The molecule has 0 aliphatic heterocycles. The number of carbonyl (C=O) groups excluding carboxylic acids is 1. The zero-order chi connectivity index (χ0) is 11.1. The fraction of sp³-hybridized carbons (Fsp3) is 0.417. The Bertz CT molecular complexity index is 306. The van der Waals surface area contributed by atoms with Crippen molar-refractivity contribution in [1.29, 1.82) is 0 Å². The lowest BCUT2D eigenvalue weighted by atomic mass is 10.1. The Balaban J connectivity index is 2.45. The van der Waals surface area contributed by atoms with E-state index in [0.29, 0.717) is 0 Å². The lowest BCUT2D eigenvalue weighted by Crippen LogP contribution is -2.13. The van der Waals surface area contributed by atoms with Gasteiger partial charge in [0.25, 0.3) is 0 Å². The quantitative estimate of drug-likeness (QED) is 0.724. The number of unbranched alkanes of at least 4 members (excludes halogenated alkanes) is 1. The van der Waals surface area contributed by atoms with Crippen LogP contribution in [-0.2, 0) is 11.2 Å². The first-order chi connectivity index (χ1) is 7.22. The second-order valence-electron chi connectivity index (χ2n) is 3.49. The highest BCUT2D eigenvalue weighted by Gasteiger charge is 1.98. The average Bonchev–Trinajstić information content (AvgIpc) is 2.20. The van der Waals surface area contributed by atoms with E-state index >= 15 is 0 Å². The lowest BCUT2D eigenvalue weighted by molar-refractivity contribution is -0.117. The highest BCUT2D eigenvalue weighted by molar-refractivity contribution is 5.76. The Morgan fingerprint density at radius 2 is 2.00 bits per heavy atom. The van der Waals surface area contributed by atoms with Gasteiger partial charge < -0.3 is 10.5 Å². The zero-order valence-electron chi connectivity index (χ0n) is 9.03. The molecule has 0 unspecified atom stereocenters. The SMILES string of the molecule is CCCCOc1ccc(CC(N)=O)cc1. The number of ether oxygens (including phenoxy) is 1. The van der Waals surface area contributed by atoms with Crippen molar-refractivity contribution in [1.82, 2.24) is 0 Å². The van der Waals surface area contributed by atoms with E-state index in [1.165, 1.54) is 0 Å². The monoisotopic (exact) mass is 207 g/mol. The highest BCUT2D eigenvalue weighted by atomic mass is 16.5. The van der Waals surface area contributed by atoms with E-state index in [0.717, 1.165) is 30.8 Å². The standard InChI is InChI=1S/C12H17NO2/c1-2-3-8-15-11-6-4-10(5-7-11)9-12(13)14/h4-7H,2-3,8-9H2,1H3,(H2,13,14). The summed E-state index contributed by atoms with van der Waals surface area (Å²) in [4.78, 5) is 10.7. The van der Waals surface area contributed by atoms with Crippen molar-refractivity contribution >= 4 is 5.91 Å². The molecule has 1 rings (SSSR count). The highest BCUT2D eigenvalue weighted by Crippen LogP contribution is 2.12. The summed E-state index contributed by atoms with van der Waals surface area (Å²) < 4.78 is 5.49. The van der Waals surface area contributed by atoms with E-state index in [2.05, 4.69) is 6.92 Å². The van der Waals surface area contributed by atoms with E-state index in [1.807, 2.05) is 24.3 Å². The minimum Gasteiger partial charge on any atom is -0.494 e. The molecule has 3 heteroatoms. The number of hydrogen-bond donors (Lipinski definition) is 1. The van der Waals surface area contributed by atoms with Crippen molar-refractivity contribution in [3.05, 3.63) is 29.8 Å². The summed E-state index contributed by atoms with van der Waals surface area (Å²) in [5.74, 6) is 0.534. The van der Waals surface area contributed by atoms with Crippen LogP contribution in [0, 0.1) is 0 Å². The topological polar surface area (TPSA) is 52.3 Å². The van der Waals surface area contributed by atoms with Gasteiger partial charge in [-0.2, -0.15) is 0 Å². The van der Waals surface area contributed by atoms with Gasteiger partial charge in [-0.25, -0.2) is 0 Å². The predicted octanol–water partition coefficient (Wildman–Crippen LogP) is 1.89. The van der Waals surface area contributed by atoms with Gasteiger partial charge in [0.05, 0.1) is 13.0 Å². The molecule has 82 valence electrons. The molecular formula is C12H17NO2. The van der Waals surface area contributed by atoms with Crippen LogP contribution >= 0.6 is 0 Å². The van der Waals surface area contributed by atoms with Crippen molar-refractivity contribution < 1.29 is 9.53 Å². The third-order valence-electron chi connectivity index (χ3n) is 2.07. The first-order valence-electron chi connectivity index (χ1n) is 5.22. The zero-order valence-corrected chi connectivity index (χ0v) is 9.03. The average molecular weight is 207 g/mol. The Hall–Kier alpha value is -1.51. The molecule has 0 atom stereocenters. The van der Waals surface area contributed by atoms with Gasteiger partial charge in [-0.05, 0) is 24.1 Å². The predicted molar refractivity (Wildman–Crippen MR) is 59.7 cm³/mol. The van der Waals surface area contributed by atoms with Gasteiger partial charge in [-0.3, -0.25) is 4.79 Å². The van der Waals surface area contributed by atoms with Crippen LogP contribution in [0.1, 0.15) is 25.3 Å². The maximum atomic E-state index is 10.7. The van der Waals surface area contributed by atoms with Gasteiger partial charge in [0.15, 0.2) is 0 Å². The van der Waals surface area contributed by atoms with Gasteiger partial charge in [0.1, 0.15) is 5.75 Å². The van der Waals surface area contributed by atoms with E-state index < -0.39 is 0 Å². The van der Waals surface area contributed by atoms with E-state index in [4.69, 9.17) is 10.5 Å². The number of benzene rings is 1. The van der Waals surface area contributed by atoms with Crippen molar-refractivity contribution in [3.63, 3.8) is 0 Å². The number of hydrogen-bond acceptors (Lipinski definition) is 2. The van der Waals surface area contributed by atoms with Gasteiger partial charge in [-0.1, -0.05) is 25.5 Å². The summed E-state index contributed by atoms with van der Waals surface area (Å²) in [7, 11) is 0. The molecule has 0 aliphatic rings. The first-order valence-corrected chi connectivity index (χ1v) is 5.22. The van der Waals surface area contributed by atoms with Crippen LogP contribution in [0.3, 0.4) is 0 Å². The molecule has 1 aromatic carbocycles. The number of rotatable bonds is 6. The van der Waals surface area contributed by atoms with E-state index in [9.17, 15) is 4.79 Å². The molecule has 0 aromatic heterocycles. The number of primary amides is 1. The van der Waals surface area contributed by atoms with Gasteiger partial charge in [0.2, 0.25) is 5.91 Å². The van der Waals surface area contributed by atoms with Crippen molar-refractivity contribution in [2.45, 2.75) is 26.2 Å². The van der Waals surface area contributed by atoms with Crippen LogP contribution in [0.2, 0.25) is 0 Å². The third kappa shape index (κ3) is 4.49. The number of nitrogens with two attached hydrogens (primary N) is 1. The Kier molecular flexibility index (Phi) is 4.68. The molecular weight excluding hydrogens is 190 g/mol. The molecule has 2 N–H and O–H groups in total. The molecule has 15 heavy (non-hydrogen) atoms. The van der Waals surface area contributed by atoms with Crippen molar-refractivity contribution in [3.8, 4) is 5.75 Å². The Labute approximate surface area is 90.2 Å². The van der Waals surface area contributed by atoms with Crippen molar-refractivity contribution in [2.24, 2.45) is 5.73 Å².